The van der Waals surface area contributed by atoms with Crippen LogP contribution in [0.5, 0.6) is 0 Å². The van der Waals surface area contributed by atoms with Crippen LogP contribution in [0.1, 0.15) is 46.4 Å². The molecule has 158 valence electrons. The first-order chi connectivity index (χ1) is 14.9. The number of likely N-dealkylation sites (tertiary alicyclic amines) is 1. The fourth-order valence-electron chi connectivity index (χ4n) is 4.10. The average Bonchev–Trinajstić information content (AvgIpc) is 2.80. The summed E-state index contributed by atoms with van der Waals surface area (Å²) in [6, 6.07) is 10.5. The van der Waals surface area contributed by atoms with Crippen LogP contribution in [0.15, 0.2) is 39.9 Å². The molecule has 0 aliphatic carbocycles. The fourth-order valence-corrected chi connectivity index (χ4v) is 4.10. The van der Waals surface area contributed by atoms with E-state index in [1.165, 1.54) is 4.57 Å². The number of hydrogen-bond donors (Lipinski definition) is 0. The van der Waals surface area contributed by atoms with Gasteiger partial charge in [-0.05, 0) is 49.9 Å². The van der Waals surface area contributed by atoms with Crippen LogP contribution in [0.2, 0.25) is 0 Å². The van der Waals surface area contributed by atoms with Crippen molar-refractivity contribution in [3.8, 4) is 6.07 Å². The third kappa shape index (κ3) is 3.75. The van der Waals surface area contributed by atoms with Crippen molar-refractivity contribution >= 4 is 16.9 Å². The molecule has 31 heavy (non-hydrogen) atoms. The highest BCUT2D eigenvalue weighted by molar-refractivity contribution is 6.05. The number of benzene rings is 1. The molecule has 0 atom stereocenters. The van der Waals surface area contributed by atoms with Crippen molar-refractivity contribution in [1.82, 2.24) is 19.0 Å². The molecule has 0 unspecified atom stereocenters. The minimum atomic E-state index is -0.548. The Balaban J connectivity index is 1.92. The van der Waals surface area contributed by atoms with Crippen LogP contribution in [0.4, 0.5) is 0 Å². The summed E-state index contributed by atoms with van der Waals surface area (Å²) in [6.45, 7) is 3.06. The van der Waals surface area contributed by atoms with Gasteiger partial charge in [0.05, 0.1) is 29.1 Å². The van der Waals surface area contributed by atoms with Gasteiger partial charge in [0.15, 0.2) is 0 Å². The third-order valence-electron chi connectivity index (χ3n) is 5.69. The molecule has 0 bridgehead atoms. The Kier molecular flexibility index (Phi) is 5.42. The summed E-state index contributed by atoms with van der Waals surface area (Å²) in [5.74, 6) is -0.205. The lowest BCUT2D eigenvalue weighted by Crippen LogP contribution is -2.41. The molecule has 0 N–H and O–H groups in total. The Morgan fingerprint density at radius 3 is 2.61 bits per heavy atom. The number of amides is 1. The first kappa shape index (κ1) is 20.5. The van der Waals surface area contributed by atoms with E-state index in [2.05, 4.69) is 11.1 Å². The smallest absolute Gasteiger partial charge is 0.332 e. The van der Waals surface area contributed by atoms with Crippen LogP contribution in [-0.4, -0.2) is 38.0 Å². The summed E-state index contributed by atoms with van der Waals surface area (Å²) in [5.41, 5.74) is 1.09. The van der Waals surface area contributed by atoms with Crippen molar-refractivity contribution in [2.24, 2.45) is 7.05 Å². The number of aromatic nitrogens is 3. The zero-order chi connectivity index (χ0) is 22.1. The summed E-state index contributed by atoms with van der Waals surface area (Å²) in [5, 5.41) is 9.29. The average molecular weight is 417 g/mol. The van der Waals surface area contributed by atoms with Crippen molar-refractivity contribution in [3.63, 3.8) is 0 Å². The summed E-state index contributed by atoms with van der Waals surface area (Å²) in [7, 11) is 1.55. The Morgan fingerprint density at radius 2 is 1.90 bits per heavy atom. The molecule has 1 aliphatic heterocycles. The van der Waals surface area contributed by atoms with E-state index in [9.17, 15) is 14.4 Å². The van der Waals surface area contributed by atoms with Gasteiger partial charge in [-0.15, -0.1) is 0 Å². The van der Waals surface area contributed by atoms with E-state index < -0.39 is 11.2 Å². The maximum Gasteiger partial charge on any atom is 0.332 e. The summed E-state index contributed by atoms with van der Waals surface area (Å²) in [4.78, 5) is 45.9. The first-order valence-corrected chi connectivity index (χ1v) is 10.3. The van der Waals surface area contributed by atoms with Crippen LogP contribution in [0, 0.1) is 18.3 Å². The van der Waals surface area contributed by atoms with Crippen LogP contribution < -0.4 is 11.2 Å². The van der Waals surface area contributed by atoms with Crippen molar-refractivity contribution in [2.75, 3.05) is 13.1 Å². The molecule has 0 spiro atoms. The highest BCUT2D eigenvalue weighted by Crippen LogP contribution is 2.19. The fraction of sp³-hybridized carbons (Fsp3) is 0.348. The number of nitrogens with zero attached hydrogens (tertiary/aromatic N) is 5. The molecule has 2 aromatic heterocycles. The molecule has 0 saturated carbocycles. The minimum absolute atomic E-state index is 0.00217. The normalized spacial score (nSPS) is 13.9. The van der Waals surface area contributed by atoms with E-state index in [0.29, 0.717) is 29.9 Å². The molecule has 1 aromatic carbocycles. The Hall–Kier alpha value is -3.73. The lowest BCUT2D eigenvalue weighted by Gasteiger charge is -2.27. The highest BCUT2D eigenvalue weighted by Gasteiger charge is 2.25. The van der Waals surface area contributed by atoms with Gasteiger partial charge in [-0.2, -0.15) is 5.26 Å². The van der Waals surface area contributed by atoms with Crippen molar-refractivity contribution in [1.29, 1.82) is 5.26 Å². The van der Waals surface area contributed by atoms with Gasteiger partial charge in [0.25, 0.3) is 11.5 Å². The number of hydrogen-bond acceptors (Lipinski definition) is 5. The molecule has 3 aromatic rings. The predicted molar refractivity (Wildman–Crippen MR) is 116 cm³/mol. The molecule has 8 nitrogen and oxygen atoms in total. The van der Waals surface area contributed by atoms with Gasteiger partial charge in [0.1, 0.15) is 5.65 Å². The third-order valence-corrected chi connectivity index (χ3v) is 5.69. The number of carbonyl (C=O) groups is 1. The maximum absolute atomic E-state index is 13.5. The van der Waals surface area contributed by atoms with Gasteiger partial charge >= 0.3 is 5.69 Å². The Morgan fingerprint density at radius 1 is 1.16 bits per heavy atom. The molecule has 1 fully saturated rings. The van der Waals surface area contributed by atoms with E-state index in [0.717, 1.165) is 23.8 Å². The SMILES string of the molecule is Cc1cc(C(=O)N2CCCCC2)c2c(=O)n(Cc3cccc(C#N)c3)c(=O)n(C)c2n1. The lowest BCUT2D eigenvalue weighted by atomic mass is 10.1. The quantitative estimate of drug-likeness (QED) is 0.648. The van der Waals surface area contributed by atoms with Gasteiger partial charge in [-0.3, -0.25) is 18.7 Å². The van der Waals surface area contributed by atoms with E-state index in [1.807, 2.05) is 0 Å². The van der Waals surface area contributed by atoms with E-state index >= 15 is 0 Å². The van der Waals surface area contributed by atoms with Crippen LogP contribution in [0.3, 0.4) is 0 Å². The number of aryl methyl sites for hydroxylation is 2. The number of fused-ring (bicyclic) bond motifs is 1. The number of carbonyl (C=O) groups excluding carboxylic acids is 1. The molecular formula is C23H23N5O3. The molecule has 4 rings (SSSR count). The largest absolute Gasteiger partial charge is 0.339 e. The molecule has 0 radical (unpaired) electrons. The topological polar surface area (TPSA) is 101 Å². The van der Waals surface area contributed by atoms with Gasteiger partial charge in [-0.25, -0.2) is 9.78 Å². The Bertz CT molecular complexity index is 1340. The predicted octanol–water partition coefficient (Wildman–Crippen LogP) is 1.95. The van der Waals surface area contributed by atoms with Gasteiger partial charge < -0.3 is 4.90 Å². The molecule has 1 saturated heterocycles. The van der Waals surface area contributed by atoms with Gasteiger partial charge in [-0.1, -0.05) is 12.1 Å². The number of nitriles is 1. The second-order valence-electron chi connectivity index (χ2n) is 7.91. The monoisotopic (exact) mass is 417 g/mol. The van der Waals surface area contributed by atoms with E-state index in [4.69, 9.17) is 5.26 Å². The van der Waals surface area contributed by atoms with Crippen molar-refractivity contribution in [3.05, 3.63) is 73.6 Å². The number of rotatable bonds is 3. The highest BCUT2D eigenvalue weighted by atomic mass is 16.2. The lowest BCUT2D eigenvalue weighted by molar-refractivity contribution is 0.0726. The van der Waals surface area contributed by atoms with Gasteiger partial charge in [0.2, 0.25) is 0 Å². The molecular weight excluding hydrogens is 394 g/mol. The zero-order valence-electron chi connectivity index (χ0n) is 17.6. The number of pyridine rings is 1. The standard InChI is InChI=1S/C23H23N5O3/c1-15-11-18(21(29)27-9-4-3-5-10-27)19-20(25-15)26(2)23(31)28(22(19)30)14-17-8-6-7-16(12-17)13-24/h6-8,11-12H,3-5,9-10,14H2,1-2H3. The van der Waals surface area contributed by atoms with E-state index in [-0.39, 0.29) is 29.0 Å². The Labute approximate surface area is 179 Å². The molecule has 1 aliphatic rings. The first-order valence-electron chi connectivity index (χ1n) is 10.3. The van der Waals surface area contributed by atoms with Crippen LogP contribution >= 0.6 is 0 Å². The van der Waals surface area contributed by atoms with E-state index in [1.54, 1.807) is 49.2 Å². The van der Waals surface area contributed by atoms with Crippen molar-refractivity contribution in [2.45, 2.75) is 32.7 Å². The zero-order valence-corrected chi connectivity index (χ0v) is 17.6. The summed E-state index contributed by atoms with van der Waals surface area (Å²) < 4.78 is 2.41. The second kappa shape index (κ2) is 8.19. The van der Waals surface area contributed by atoms with Gasteiger partial charge in [0, 0.05) is 25.8 Å². The molecule has 8 heteroatoms. The summed E-state index contributed by atoms with van der Waals surface area (Å²) >= 11 is 0. The van der Waals surface area contributed by atoms with Crippen molar-refractivity contribution < 1.29 is 4.79 Å². The van der Waals surface area contributed by atoms with Crippen LogP contribution in [-0.2, 0) is 13.6 Å². The maximum atomic E-state index is 13.5. The van der Waals surface area contributed by atoms with Crippen LogP contribution in [0.25, 0.3) is 11.0 Å². The summed E-state index contributed by atoms with van der Waals surface area (Å²) in [6.07, 6.45) is 2.96. The molecule has 3 heterocycles. The number of piperidine rings is 1. The molecule has 1 amide bonds. The minimum Gasteiger partial charge on any atom is -0.339 e. The second-order valence-corrected chi connectivity index (χ2v) is 7.91.